The van der Waals surface area contributed by atoms with Gasteiger partial charge in [-0.2, -0.15) is 0 Å². The summed E-state index contributed by atoms with van der Waals surface area (Å²) in [5.74, 6) is -0.526. The smallest absolute Gasteiger partial charge is 0.241 e. The Morgan fingerprint density at radius 1 is 1.56 bits per heavy atom. The number of carbonyl (C=O) groups excluding carboxylic acids is 1. The van der Waals surface area contributed by atoms with Gasteiger partial charge in [0.15, 0.2) is 0 Å². The molecule has 1 aliphatic heterocycles. The van der Waals surface area contributed by atoms with E-state index in [1.165, 1.54) is 6.07 Å². The van der Waals surface area contributed by atoms with E-state index in [0.29, 0.717) is 24.2 Å². The Labute approximate surface area is 107 Å². The predicted molar refractivity (Wildman–Crippen MR) is 65.5 cm³/mol. The number of fused-ring (bicyclic) bond motifs is 1. The van der Waals surface area contributed by atoms with Gasteiger partial charge in [-0.15, -0.1) is 11.6 Å². The molecule has 0 unspecified atom stereocenters. The molecule has 1 amide bonds. The summed E-state index contributed by atoms with van der Waals surface area (Å²) in [5, 5.41) is 0. The van der Waals surface area contributed by atoms with E-state index in [1.54, 1.807) is 11.0 Å². The molecule has 5 heteroatoms. The van der Waals surface area contributed by atoms with Crippen LogP contribution >= 0.6 is 27.5 Å². The van der Waals surface area contributed by atoms with Crippen LogP contribution in [0, 0.1) is 5.82 Å². The van der Waals surface area contributed by atoms with Gasteiger partial charge >= 0.3 is 0 Å². The number of alkyl halides is 1. The van der Waals surface area contributed by atoms with Crippen molar-refractivity contribution in [3.63, 3.8) is 0 Å². The van der Waals surface area contributed by atoms with Crippen LogP contribution in [0.15, 0.2) is 16.6 Å². The molecule has 1 heterocycles. The normalized spacial score (nSPS) is 14.8. The highest BCUT2D eigenvalue weighted by atomic mass is 79.9. The predicted octanol–water partition coefficient (Wildman–Crippen LogP) is 3.11. The molecule has 1 aliphatic rings. The molecule has 1 aromatic rings. The highest BCUT2D eigenvalue weighted by Crippen LogP contribution is 2.36. The van der Waals surface area contributed by atoms with Crippen LogP contribution in [0.5, 0.6) is 0 Å². The molecule has 86 valence electrons. The first-order chi connectivity index (χ1) is 7.65. The van der Waals surface area contributed by atoms with Crippen LogP contribution in [0.1, 0.15) is 12.0 Å². The van der Waals surface area contributed by atoms with Gasteiger partial charge in [0.1, 0.15) is 11.7 Å². The molecule has 0 saturated heterocycles. The molecular formula is C11H10BrClFNO. The standard InChI is InChI=1S/C11H10BrClFNO/c12-8-3-4-9(14)7-2-1-5-15(11(7)8)10(16)6-13/h3-4H,1-2,5-6H2. The Morgan fingerprint density at radius 3 is 3.00 bits per heavy atom. The lowest BCUT2D eigenvalue weighted by atomic mass is 10.0. The maximum Gasteiger partial charge on any atom is 0.241 e. The molecule has 1 aromatic carbocycles. The third-order valence-corrected chi connectivity index (χ3v) is 3.54. The second-order valence-corrected chi connectivity index (χ2v) is 4.76. The summed E-state index contributed by atoms with van der Waals surface area (Å²) in [5.41, 5.74) is 1.23. The zero-order valence-electron chi connectivity index (χ0n) is 8.47. The molecule has 0 bridgehead atoms. The minimum Gasteiger partial charge on any atom is -0.310 e. The number of amides is 1. The van der Waals surface area contributed by atoms with Crippen molar-refractivity contribution in [3.8, 4) is 0 Å². The van der Waals surface area contributed by atoms with Gasteiger partial charge in [-0.1, -0.05) is 0 Å². The van der Waals surface area contributed by atoms with E-state index in [1.807, 2.05) is 0 Å². The van der Waals surface area contributed by atoms with Gasteiger partial charge < -0.3 is 4.90 Å². The molecule has 0 aliphatic carbocycles. The van der Waals surface area contributed by atoms with E-state index in [2.05, 4.69) is 15.9 Å². The van der Waals surface area contributed by atoms with Gasteiger partial charge in [0, 0.05) is 16.6 Å². The van der Waals surface area contributed by atoms with E-state index in [9.17, 15) is 9.18 Å². The van der Waals surface area contributed by atoms with Gasteiger partial charge in [-0.05, 0) is 40.9 Å². The summed E-state index contributed by atoms with van der Waals surface area (Å²) in [6, 6.07) is 3.03. The van der Waals surface area contributed by atoms with Crippen molar-refractivity contribution >= 4 is 39.1 Å². The van der Waals surface area contributed by atoms with Crippen molar-refractivity contribution < 1.29 is 9.18 Å². The Morgan fingerprint density at radius 2 is 2.31 bits per heavy atom. The highest BCUT2D eigenvalue weighted by molar-refractivity contribution is 9.10. The first kappa shape index (κ1) is 11.9. The average Bonchev–Trinajstić information content (AvgIpc) is 2.32. The minimum absolute atomic E-state index is 0.0810. The molecule has 0 spiro atoms. The number of hydrogen-bond acceptors (Lipinski definition) is 1. The second kappa shape index (κ2) is 4.72. The summed E-state index contributed by atoms with van der Waals surface area (Å²) in [6.45, 7) is 0.598. The Hall–Kier alpha value is -0.610. The van der Waals surface area contributed by atoms with E-state index in [-0.39, 0.29) is 17.6 Å². The number of benzene rings is 1. The lowest BCUT2D eigenvalue weighted by molar-refractivity contribution is -0.116. The number of rotatable bonds is 1. The third kappa shape index (κ3) is 1.96. The molecule has 0 saturated carbocycles. The summed E-state index contributed by atoms with van der Waals surface area (Å²) < 4.78 is 14.3. The fraction of sp³-hybridized carbons (Fsp3) is 0.364. The van der Waals surface area contributed by atoms with Gasteiger partial charge in [0.25, 0.3) is 0 Å². The Balaban J connectivity index is 2.53. The summed E-state index contributed by atoms with van der Waals surface area (Å²) in [7, 11) is 0. The lowest BCUT2D eigenvalue weighted by Gasteiger charge is -2.30. The Bertz CT molecular complexity index is 438. The quantitative estimate of drug-likeness (QED) is 0.730. The van der Waals surface area contributed by atoms with Gasteiger partial charge in [-0.3, -0.25) is 4.79 Å². The molecule has 0 fully saturated rings. The number of anilines is 1. The summed E-state index contributed by atoms with van der Waals surface area (Å²) in [6.07, 6.45) is 1.43. The SMILES string of the molecule is O=C(CCl)N1CCCc2c(F)ccc(Br)c21. The van der Waals surface area contributed by atoms with Crippen LogP contribution in [0.25, 0.3) is 0 Å². The van der Waals surface area contributed by atoms with Gasteiger partial charge in [-0.25, -0.2) is 4.39 Å². The zero-order chi connectivity index (χ0) is 11.7. The average molecular weight is 307 g/mol. The van der Waals surface area contributed by atoms with E-state index >= 15 is 0 Å². The first-order valence-electron chi connectivity index (χ1n) is 4.98. The number of halogens is 3. The fourth-order valence-corrected chi connectivity index (χ4v) is 2.69. The van der Waals surface area contributed by atoms with Crippen LogP contribution in [0.4, 0.5) is 10.1 Å². The van der Waals surface area contributed by atoms with Crippen molar-refractivity contribution in [1.82, 2.24) is 0 Å². The monoisotopic (exact) mass is 305 g/mol. The molecule has 0 radical (unpaired) electrons. The second-order valence-electron chi connectivity index (χ2n) is 3.64. The minimum atomic E-state index is -0.259. The van der Waals surface area contributed by atoms with Crippen molar-refractivity contribution in [1.29, 1.82) is 0 Å². The third-order valence-electron chi connectivity index (χ3n) is 2.67. The van der Waals surface area contributed by atoms with Crippen molar-refractivity contribution in [2.75, 3.05) is 17.3 Å². The topological polar surface area (TPSA) is 20.3 Å². The Kier molecular flexibility index (Phi) is 3.50. The molecule has 0 atom stereocenters. The lowest BCUT2D eigenvalue weighted by Crippen LogP contribution is -2.37. The number of nitrogens with zero attached hydrogens (tertiary/aromatic N) is 1. The van der Waals surface area contributed by atoms with Crippen LogP contribution in [0.2, 0.25) is 0 Å². The molecule has 0 N–H and O–H groups in total. The van der Waals surface area contributed by atoms with Crippen LogP contribution in [0.3, 0.4) is 0 Å². The van der Waals surface area contributed by atoms with Crippen LogP contribution < -0.4 is 4.90 Å². The molecule has 16 heavy (non-hydrogen) atoms. The number of carbonyl (C=O) groups is 1. The van der Waals surface area contributed by atoms with Crippen LogP contribution in [-0.4, -0.2) is 18.3 Å². The maximum absolute atomic E-state index is 13.6. The number of hydrogen-bond donors (Lipinski definition) is 0. The summed E-state index contributed by atoms with van der Waals surface area (Å²) in [4.78, 5) is 13.2. The van der Waals surface area contributed by atoms with E-state index < -0.39 is 0 Å². The van der Waals surface area contributed by atoms with Gasteiger partial charge in [0.05, 0.1) is 5.69 Å². The molecule has 2 rings (SSSR count). The van der Waals surface area contributed by atoms with Crippen molar-refractivity contribution in [2.24, 2.45) is 0 Å². The molecular weight excluding hydrogens is 296 g/mol. The zero-order valence-corrected chi connectivity index (χ0v) is 10.8. The van der Waals surface area contributed by atoms with Crippen molar-refractivity contribution in [2.45, 2.75) is 12.8 Å². The fourth-order valence-electron chi connectivity index (χ4n) is 1.96. The van der Waals surface area contributed by atoms with Crippen LogP contribution in [-0.2, 0) is 11.2 Å². The highest BCUT2D eigenvalue weighted by Gasteiger charge is 2.26. The molecule has 0 aromatic heterocycles. The maximum atomic E-state index is 13.6. The van der Waals surface area contributed by atoms with Crippen molar-refractivity contribution in [3.05, 3.63) is 28.0 Å². The largest absolute Gasteiger partial charge is 0.310 e. The van der Waals surface area contributed by atoms with E-state index in [0.717, 1.165) is 10.9 Å². The van der Waals surface area contributed by atoms with E-state index in [4.69, 9.17) is 11.6 Å². The first-order valence-corrected chi connectivity index (χ1v) is 6.31. The van der Waals surface area contributed by atoms with Gasteiger partial charge in [0.2, 0.25) is 5.91 Å². The summed E-state index contributed by atoms with van der Waals surface area (Å²) >= 11 is 8.89. The molecule has 2 nitrogen and oxygen atoms in total.